The number of hydrogen-bond acceptors (Lipinski definition) is 3. The third kappa shape index (κ3) is 3.62. The van der Waals surface area contributed by atoms with Crippen LogP contribution < -0.4 is 17.1 Å². The van der Waals surface area contributed by atoms with Gasteiger partial charge < -0.3 is 0 Å². The van der Waals surface area contributed by atoms with Gasteiger partial charge in [0.1, 0.15) is 0 Å². The van der Waals surface area contributed by atoms with Crippen molar-refractivity contribution in [2.75, 3.05) is 0 Å². The average molecular weight is 295 g/mol. The van der Waals surface area contributed by atoms with E-state index in [2.05, 4.69) is 6.58 Å². The maximum atomic E-state index is 12.5. The molecule has 0 aliphatic carbocycles. The highest BCUT2D eigenvalue weighted by Gasteiger charge is 2.23. The first-order valence-electron chi connectivity index (χ1n) is 7.19. The van der Waals surface area contributed by atoms with Gasteiger partial charge in [-0.15, -0.1) is 6.58 Å². The van der Waals surface area contributed by atoms with Gasteiger partial charge in [-0.3, -0.25) is 0 Å². The highest BCUT2D eigenvalue weighted by molar-refractivity contribution is 4.87. The van der Waals surface area contributed by atoms with Crippen molar-refractivity contribution in [1.29, 1.82) is 0 Å². The predicted octanol–water partition coefficient (Wildman–Crippen LogP) is 1.16. The Morgan fingerprint density at radius 3 is 2.00 bits per heavy atom. The van der Waals surface area contributed by atoms with Crippen molar-refractivity contribution < 1.29 is 0 Å². The van der Waals surface area contributed by atoms with Gasteiger partial charge in [-0.25, -0.2) is 28.1 Å². The Morgan fingerprint density at radius 2 is 1.57 bits per heavy atom. The molecule has 1 rings (SSSR count). The normalized spacial score (nSPS) is 11.9. The zero-order valence-corrected chi connectivity index (χ0v) is 13.5. The molecule has 0 radical (unpaired) electrons. The second-order valence-corrected chi connectivity index (χ2v) is 6.59. The van der Waals surface area contributed by atoms with Gasteiger partial charge in [0.2, 0.25) is 0 Å². The maximum absolute atomic E-state index is 12.5. The number of nitrogens with zero attached hydrogens (tertiary/aromatic N) is 3. The minimum atomic E-state index is -0.690. The lowest BCUT2D eigenvalue weighted by Crippen LogP contribution is -2.58. The summed E-state index contributed by atoms with van der Waals surface area (Å²) in [7, 11) is 0. The summed E-state index contributed by atoms with van der Waals surface area (Å²) in [6, 6.07) is 0. The molecule has 6 heteroatoms. The van der Waals surface area contributed by atoms with Crippen LogP contribution in [0.5, 0.6) is 0 Å². The quantitative estimate of drug-likeness (QED) is 0.766. The second kappa shape index (κ2) is 6.28. The maximum Gasteiger partial charge on any atom is 0.337 e. The van der Waals surface area contributed by atoms with Gasteiger partial charge in [0.15, 0.2) is 0 Å². The minimum absolute atomic E-state index is 0.0930. The monoisotopic (exact) mass is 295 g/mol. The fraction of sp³-hybridized carbons (Fsp3) is 0.667. The Balaban J connectivity index is 3.69. The highest BCUT2D eigenvalue weighted by Crippen LogP contribution is 2.07. The molecule has 0 unspecified atom stereocenters. The number of rotatable bonds is 5. The Morgan fingerprint density at radius 1 is 1.05 bits per heavy atom. The van der Waals surface area contributed by atoms with Gasteiger partial charge in [0.05, 0.1) is 6.54 Å². The smallest absolute Gasteiger partial charge is 0.247 e. The minimum Gasteiger partial charge on any atom is -0.247 e. The zero-order chi connectivity index (χ0) is 16.4. The van der Waals surface area contributed by atoms with Crippen molar-refractivity contribution in [3.8, 4) is 0 Å². The summed E-state index contributed by atoms with van der Waals surface area (Å²) in [6.45, 7) is 13.3. The number of aromatic nitrogens is 3. The topological polar surface area (TPSA) is 66.0 Å². The van der Waals surface area contributed by atoms with Gasteiger partial charge in [-0.1, -0.05) is 19.9 Å². The lowest BCUT2D eigenvalue weighted by atomic mass is 10.1. The number of hydrogen-bond donors (Lipinski definition) is 0. The Labute approximate surface area is 124 Å². The van der Waals surface area contributed by atoms with E-state index in [1.165, 1.54) is 6.08 Å². The molecule has 1 aromatic heterocycles. The fourth-order valence-electron chi connectivity index (χ4n) is 2.07. The largest absolute Gasteiger partial charge is 0.337 e. The molecule has 1 heterocycles. The van der Waals surface area contributed by atoms with Crippen LogP contribution in [-0.2, 0) is 18.6 Å². The van der Waals surface area contributed by atoms with Crippen molar-refractivity contribution in [2.45, 2.75) is 59.7 Å². The molecule has 21 heavy (non-hydrogen) atoms. The molecule has 0 aliphatic heterocycles. The molecule has 118 valence electrons. The highest BCUT2D eigenvalue weighted by atomic mass is 16.2. The molecule has 0 aliphatic rings. The Kier molecular flexibility index (Phi) is 5.15. The lowest BCUT2D eigenvalue weighted by Gasteiger charge is -2.23. The predicted molar refractivity (Wildman–Crippen MR) is 83.9 cm³/mol. The molecule has 0 saturated heterocycles. The van der Waals surface area contributed by atoms with Crippen LogP contribution in [-0.4, -0.2) is 13.7 Å². The molecule has 0 aromatic carbocycles. The molecule has 0 spiro atoms. The van der Waals surface area contributed by atoms with Crippen LogP contribution in [0.2, 0.25) is 0 Å². The van der Waals surface area contributed by atoms with Crippen LogP contribution in [0.25, 0.3) is 0 Å². The van der Waals surface area contributed by atoms with Crippen LogP contribution in [0.3, 0.4) is 0 Å². The summed E-state index contributed by atoms with van der Waals surface area (Å²) in [5, 5.41) is 0. The van der Waals surface area contributed by atoms with Gasteiger partial charge in [0.25, 0.3) is 0 Å². The molecule has 0 amide bonds. The van der Waals surface area contributed by atoms with Gasteiger partial charge in [-0.05, 0) is 33.1 Å². The van der Waals surface area contributed by atoms with E-state index in [1.54, 1.807) is 20.8 Å². The van der Waals surface area contributed by atoms with Crippen molar-refractivity contribution in [2.24, 2.45) is 5.92 Å². The van der Waals surface area contributed by atoms with Crippen LogP contribution in [0.1, 0.15) is 41.0 Å². The van der Waals surface area contributed by atoms with Crippen LogP contribution in [0.4, 0.5) is 0 Å². The molecular formula is C15H25N3O3. The van der Waals surface area contributed by atoms with Crippen molar-refractivity contribution >= 4 is 0 Å². The zero-order valence-electron chi connectivity index (χ0n) is 13.5. The van der Waals surface area contributed by atoms with Gasteiger partial charge >= 0.3 is 17.1 Å². The van der Waals surface area contributed by atoms with E-state index in [9.17, 15) is 14.4 Å². The SMILES string of the molecule is C=CCn1c(=O)n(CCC(C)C)c(=O)n(C(C)(C)C)c1=O. The first kappa shape index (κ1) is 17.2. The first-order chi connectivity index (χ1) is 9.61. The van der Waals surface area contributed by atoms with E-state index >= 15 is 0 Å². The van der Waals surface area contributed by atoms with Gasteiger partial charge in [-0.2, -0.15) is 0 Å². The molecule has 0 bridgehead atoms. The average Bonchev–Trinajstić information content (AvgIpc) is 2.32. The molecule has 0 atom stereocenters. The summed E-state index contributed by atoms with van der Waals surface area (Å²) in [4.78, 5) is 37.3. The van der Waals surface area contributed by atoms with E-state index in [0.29, 0.717) is 18.9 Å². The molecule has 0 N–H and O–H groups in total. The summed E-state index contributed by atoms with van der Waals surface area (Å²) in [6.07, 6.45) is 2.18. The summed E-state index contributed by atoms with van der Waals surface area (Å²) < 4.78 is 3.34. The van der Waals surface area contributed by atoms with Crippen molar-refractivity contribution in [3.63, 3.8) is 0 Å². The van der Waals surface area contributed by atoms with E-state index in [-0.39, 0.29) is 6.54 Å². The summed E-state index contributed by atoms with van der Waals surface area (Å²) in [5.41, 5.74) is -2.38. The lowest BCUT2D eigenvalue weighted by molar-refractivity contribution is 0.318. The van der Waals surface area contributed by atoms with E-state index < -0.39 is 22.6 Å². The first-order valence-corrected chi connectivity index (χ1v) is 7.19. The fourth-order valence-corrected chi connectivity index (χ4v) is 2.07. The van der Waals surface area contributed by atoms with Gasteiger partial charge in [0, 0.05) is 12.1 Å². The summed E-state index contributed by atoms with van der Waals surface area (Å²) in [5.74, 6) is 0.360. The molecule has 0 fully saturated rings. The van der Waals surface area contributed by atoms with E-state index in [4.69, 9.17) is 0 Å². The van der Waals surface area contributed by atoms with Crippen molar-refractivity contribution in [1.82, 2.24) is 13.7 Å². The van der Waals surface area contributed by atoms with E-state index in [1.807, 2.05) is 13.8 Å². The van der Waals surface area contributed by atoms with Crippen LogP contribution in [0.15, 0.2) is 27.0 Å². The Bertz CT molecular complexity index is 684. The Hall–Kier alpha value is -1.85. The van der Waals surface area contributed by atoms with Crippen molar-refractivity contribution in [3.05, 3.63) is 44.1 Å². The van der Waals surface area contributed by atoms with Crippen LogP contribution >= 0.6 is 0 Å². The molecule has 0 saturated carbocycles. The molecule has 1 aromatic rings. The molecule has 6 nitrogen and oxygen atoms in total. The third-order valence-electron chi connectivity index (χ3n) is 3.22. The van der Waals surface area contributed by atoms with E-state index in [0.717, 1.165) is 13.7 Å². The number of allylic oxidation sites excluding steroid dienone is 1. The standard InChI is InChI=1S/C15H25N3O3/c1-7-9-16-12(19)17(10-8-11(2)3)14(21)18(13(16)20)15(4,5)6/h7,11H,1,8-10H2,2-6H3. The summed E-state index contributed by atoms with van der Waals surface area (Å²) >= 11 is 0. The third-order valence-corrected chi connectivity index (χ3v) is 3.22. The van der Waals surface area contributed by atoms with Crippen LogP contribution in [0, 0.1) is 5.92 Å². The molecular weight excluding hydrogens is 270 g/mol. The second-order valence-electron chi connectivity index (χ2n) is 6.59.